The molecule has 0 aliphatic heterocycles. The highest BCUT2D eigenvalue weighted by Crippen LogP contribution is 2.24. The van der Waals surface area contributed by atoms with Gasteiger partial charge in [0.25, 0.3) is 17.5 Å². The zero-order valence-corrected chi connectivity index (χ0v) is 14.0. The second-order valence-electron chi connectivity index (χ2n) is 4.67. The number of nitrogens with zero attached hydrogens (tertiary/aromatic N) is 1. The van der Waals surface area contributed by atoms with Crippen LogP contribution in [0, 0.1) is 10.1 Å². The first-order valence-corrected chi connectivity index (χ1v) is 7.54. The van der Waals surface area contributed by atoms with Crippen molar-refractivity contribution in [2.75, 3.05) is 6.61 Å². The first-order valence-electron chi connectivity index (χ1n) is 6.78. The van der Waals surface area contributed by atoms with E-state index in [-0.39, 0.29) is 17.2 Å². The van der Waals surface area contributed by atoms with Crippen LogP contribution in [0.2, 0.25) is 10.0 Å². The number of rotatable bonds is 5. The molecule has 0 aliphatic carbocycles. The van der Waals surface area contributed by atoms with Crippen LogP contribution >= 0.6 is 23.2 Å². The lowest BCUT2D eigenvalue weighted by Gasteiger charge is -2.09. The molecule has 2 amide bonds. The van der Waals surface area contributed by atoms with Crippen LogP contribution in [-0.4, -0.2) is 23.3 Å². The Kier molecular flexibility index (Phi) is 6.15. The lowest BCUT2D eigenvalue weighted by molar-refractivity contribution is -0.384. The van der Waals surface area contributed by atoms with E-state index >= 15 is 0 Å². The van der Waals surface area contributed by atoms with Crippen molar-refractivity contribution in [3.05, 3.63) is 68.2 Å². The van der Waals surface area contributed by atoms with Crippen LogP contribution in [0.5, 0.6) is 5.75 Å². The maximum absolute atomic E-state index is 11.9. The van der Waals surface area contributed by atoms with E-state index in [0.29, 0.717) is 10.8 Å². The lowest BCUT2D eigenvalue weighted by Crippen LogP contribution is -2.43. The molecule has 0 aliphatic rings. The minimum atomic E-state index is -0.736. The molecule has 2 aromatic rings. The van der Waals surface area contributed by atoms with Gasteiger partial charge in [-0.05, 0) is 36.4 Å². The van der Waals surface area contributed by atoms with Gasteiger partial charge in [0.2, 0.25) is 0 Å². The summed E-state index contributed by atoms with van der Waals surface area (Å²) in [7, 11) is 0. The molecule has 0 fully saturated rings. The van der Waals surface area contributed by atoms with E-state index in [1.165, 1.54) is 12.1 Å². The number of hydrogen-bond donors (Lipinski definition) is 2. The van der Waals surface area contributed by atoms with Gasteiger partial charge in [-0.1, -0.05) is 23.2 Å². The SMILES string of the molecule is O=C(COc1ccc(Cl)cc1)NNC(=O)c1ccc(Cl)c([N+](=O)[O-])c1. The summed E-state index contributed by atoms with van der Waals surface area (Å²) in [6.07, 6.45) is 0. The number of carbonyl (C=O) groups is 2. The fourth-order valence-corrected chi connectivity index (χ4v) is 2.02. The van der Waals surface area contributed by atoms with Crippen molar-refractivity contribution < 1.29 is 19.2 Å². The highest BCUT2D eigenvalue weighted by molar-refractivity contribution is 6.32. The summed E-state index contributed by atoms with van der Waals surface area (Å²) in [5.74, 6) is -0.925. The van der Waals surface area contributed by atoms with Gasteiger partial charge >= 0.3 is 0 Å². The molecule has 10 heteroatoms. The van der Waals surface area contributed by atoms with Crippen molar-refractivity contribution in [2.45, 2.75) is 0 Å². The largest absolute Gasteiger partial charge is 0.484 e. The Morgan fingerprint density at radius 1 is 1.08 bits per heavy atom. The molecule has 0 unspecified atom stereocenters. The monoisotopic (exact) mass is 383 g/mol. The van der Waals surface area contributed by atoms with Gasteiger partial charge in [0.15, 0.2) is 6.61 Å². The van der Waals surface area contributed by atoms with E-state index in [4.69, 9.17) is 27.9 Å². The number of nitro benzene ring substituents is 1. The smallest absolute Gasteiger partial charge is 0.288 e. The Balaban J connectivity index is 1.87. The van der Waals surface area contributed by atoms with Crippen molar-refractivity contribution in [3.8, 4) is 5.75 Å². The van der Waals surface area contributed by atoms with Crippen molar-refractivity contribution in [1.29, 1.82) is 0 Å². The van der Waals surface area contributed by atoms with Crippen LogP contribution in [0.1, 0.15) is 10.4 Å². The van der Waals surface area contributed by atoms with Crippen molar-refractivity contribution >= 4 is 40.7 Å². The van der Waals surface area contributed by atoms with Gasteiger partial charge in [-0.15, -0.1) is 0 Å². The number of hydrazine groups is 1. The van der Waals surface area contributed by atoms with Crippen LogP contribution in [0.25, 0.3) is 0 Å². The summed E-state index contributed by atoms with van der Waals surface area (Å²) < 4.78 is 5.20. The predicted octanol–water partition coefficient (Wildman–Crippen LogP) is 2.74. The Bertz CT molecular complexity index is 811. The van der Waals surface area contributed by atoms with E-state index in [9.17, 15) is 19.7 Å². The number of carbonyl (C=O) groups excluding carboxylic acids is 2. The quantitative estimate of drug-likeness (QED) is 0.608. The fraction of sp³-hybridized carbons (Fsp3) is 0.0667. The Labute approximate surface area is 151 Å². The molecule has 2 rings (SSSR count). The van der Waals surface area contributed by atoms with E-state index < -0.39 is 22.4 Å². The van der Waals surface area contributed by atoms with Gasteiger partial charge in [-0.3, -0.25) is 30.6 Å². The molecular weight excluding hydrogens is 373 g/mol. The average Bonchev–Trinajstić information content (AvgIpc) is 2.59. The summed E-state index contributed by atoms with van der Waals surface area (Å²) in [6, 6.07) is 9.89. The average molecular weight is 384 g/mol. The van der Waals surface area contributed by atoms with Gasteiger partial charge in [-0.25, -0.2) is 0 Å². The van der Waals surface area contributed by atoms with Gasteiger partial charge in [0, 0.05) is 16.7 Å². The number of benzene rings is 2. The van der Waals surface area contributed by atoms with Crippen LogP contribution in [0.3, 0.4) is 0 Å². The Hall–Kier alpha value is -2.84. The molecule has 130 valence electrons. The molecule has 2 N–H and O–H groups in total. The number of halogens is 2. The summed E-state index contributed by atoms with van der Waals surface area (Å²) in [4.78, 5) is 33.6. The maximum Gasteiger partial charge on any atom is 0.288 e. The van der Waals surface area contributed by atoms with Crippen LogP contribution in [-0.2, 0) is 4.79 Å². The third-order valence-corrected chi connectivity index (χ3v) is 3.48. The molecule has 8 nitrogen and oxygen atoms in total. The zero-order chi connectivity index (χ0) is 18.4. The number of nitro groups is 1. The van der Waals surface area contributed by atoms with Gasteiger partial charge in [-0.2, -0.15) is 0 Å². The van der Waals surface area contributed by atoms with Crippen LogP contribution in [0.15, 0.2) is 42.5 Å². The van der Waals surface area contributed by atoms with Crippen LogP contribution in [0.4, 0.5) is 5.69 Å². The number of hydrogen-bond acceptors (Lipinski definition) is 5. The van der Waals surface area contributed by atoms with Gasteiger partial charge in [0.1, 0.15) is 10.8 Å². The highest BCUT2D eigenvalue weighted by atomic mass is 35.5. The first kappa shape index (κ1) is 18.5. The minimum absolute atomic E-state index is 0.0324. The Morgan fingerprint density at radius 2 is 1.76 bits per heavy atom. The van der Waals surface area contributed by atoms with E-state index in [2.05, 4.69) is 10.9 Å². The van der Waals surface area contributed by atoms with Gasteiger partial charge in [0.05, 0.1) is 4.92 Å². The summed E-state index contributed by atoms with van der Waals surface area (Å²) in [5.41, 5.74) is 3.82. The van der Waals surface area contributed by atoms with Crippen molar-refractivity contribution in [2.24, 2.45) is 0 Å². The number of amides is 2. The normalized spacial score (nSPS) is 10.0. The molecule has 0 spiro atoms. The maximum atomic E-state index is 11.9. The Morgan fingerprint density at radius 3 is 2.40 bits per heavy atom. The first-order chi connectivity index (χ1) is 11.9. The molecule has 0 radical (unpaired) electrons. The van der Waals surface area contributed by atoms with Crippen LogP contribution < -0.4 is 15.6 Å². The standard InChI is InChI=1S/C15H11Cl2N3O5/c16-10-2-4-11(5-3-10)25-8-14(21)18-19-15(22)9-1-6-12(17)13(7-9)20(23)24/h1-7H,8H2,(H,18,21)(H,19,22). The molecule has 0 heterocycles. The molecule has 2 aromatic carbocycles. The summed E-state index contributed by atoms with van der Waals surface area (Å²) in [5, 5.41) is 11.2. The topological polar surface area (TPSA) is 111 Å². The number of ether oxygens (including phenoxy) is 1. The molecule has 0 atom stereocenters. The van der Waals surface area contributed by atoms with E-state index in [1.807, 2.05) is 0 Å². The third-order valence-electron chi connectivity index (χ3n) is 2.90. The lowest BCUT2D eigenvalue weighted by atomic mass is 10.2. The fourth-order valence-electron chi connectivity index (χ4n) is 1.71. The van der Waals surface area contributed by atoms with Crippen molar-refractivity contribution in [1.82, 2.24) is 10.9 Å². The second-order valence-corrected chi connectivity index (χ2v) is 5.51. The van der Waals surface area contributed by atoms with Crippen molar-refractivity contribution in [3.63, 3.8) is 0 Å². The molecule has 0 aromatic heterocycles. The molecule has 0 bridgehead atoms. The van der Waals surface area contributed by atoms with E-state index in [1.54, 1.807) is 24.3 Å². The summed E-state index contributed by atoms with van der Waals surface area (Å²) in [6.45, 7) is -0.345. The molecule has 25 heavy (non-hydrogen) atoms. The molecule has 0 saturated carbocycles. The highest BCUT2D eigenvalue weighted by Gasteiger charge is 2.16. The number of nitrogens with one attached hydrogen (secondary N) is 2. The predicted molar refractivity (Wildman–Crippen MR) is 90.7 cm³/mol. The van der Waals surface area contributed by atoms with E-state index in [0.717, 1.165) is 6.07 Å². The summed E-state index contributed by atoms with van der Waals surface area (Å²) >= 11 is 11.4. The van der Waals surface area contributed by atoms with Gasteiger partial charge < -0.3 is 4.74 Å². The molecule has 0 saturated heterocycles. The molecular formula is C15H11Cl2N3O5. The second kappa shape index (κ2) is 8.32. The zero-order valence-electron chi connectivity index (χ0n) is 12.5. The third kappa shape index (κ3) is 5.33. The minimum Gasteiger partial charge on any atom is -0.484 e.